The Morgan fingerprint density at radius 2 is 2.28 bits per heavy atom. The Morgan fingerprint density at radius 3 is 2.83 bits per heavy atom. The molecule has 5 heteroatoms. The minimum Gasteiger partial charge on any atom is -0.486 e. The zero-order chi connectivity index (χ0) is 13.1. The first-order valence-electron chi connectivity index (χ1n) is 5.57. The van der Waals surface area contributed by atoms with Crippen LogP contribution < -0.4 is 4.74 Å². The number of nitrogens with zero attached hydrogens (tertiary/aromatic N) is 1. The third kappa shape index (κ3) is 3.05. The summed E-state index contributed by atoms with van der Waals surface area (Å²) in [5, 5.41) is 12.1. The number of hydrogen-bond acceptors (Lipinski definition) is 4. The SMILES string of the molecule is Cc1csc(COc2ccc([C@H](C)O)c(F)c2)n1. The van der Waals surface area contributed by atoms with Crippen molar-refractivity contribution in [1.82, 2.24) is 4.98 Å². The van der Waals surface area contributed by atoms with Gasteiger partial charge in [-0.05, 0) is 26.0 Å². The molecule has 1 aromatic carbocycles. The molecule has 0 unspecified atom stereocenters. The molecule has 0 spiro atoms. The van der Waals surface area contributed by atoms with Crippen molar-refractivity contribution in [2.75, 3.05) is 0 Å². The zero-order valence-electron chi connectivity index (χ0n) is 10.2. The number of rotatable bonds is 4. The summed E-state index contributed by atoms with van der Waals surface area (Å²) < 4.78 is 19.0. The van der Waals surface area contributed by atoms with Crippen molar-refractivity contribution in [3.8, 4) is 5.75 Å². The lowest BCUT2D eigenvalue weighted by Crippen LogP contribution is -1.99. The predicted molar refractivity (Wildman–Crippen MR) is 68.2 cm³/mol. The van der Waals surface area contributed by atoms with E-state index in [1.807, 2.05) is 12.3 Å². The fourth-order valence-corrected chi connectivity index (χ4v) is 2.23. The monoisotopic (exact) mass is 267 g/mol. The van der Waals surface area contributed by atoms with Crippen LogP contribution in [0.15, 0.2) is 23.6 Å². The van der Waals surface area contributed by atoms with Crippen molar-refractivity contribution in [3.05, 3.63) is 45.7 Å². The number of aliphatic hydroxyl groups is 1. The van der Waals surface area contributed by atoms with E-state index in [0.717, 1.165) is 10.7 Å². The Balaban J connectivity index is 2.04. The Hall–Kier alpha value is -1.46. The van der Waals surface area contributed by atoms with Gasteiger partial charge >= 0.3 is 0 Å². The normalized spacial score (nSPS) is 12.4. The van der Waals surface area contributed by atoms with Gasteiger partial charge in [0.25, 0.3) is 0 Å². The van der Waals surface area contributed by atoms with Crippen molar-refractivity contribution in [2.24, 2.45) is 0 Å². The number of hydrogen-bond donors (Lipinski definition) is 1. The Labute approximate surface area is 109 Å². The van der Waals surface area contributed by atoms with Gasteiger partial charge in [-0.1, -0.05) is 0 Å². The predicted octanol–water partition coefficient (Wildman–Crippen LogP) is 3.22. The summed E-state index contributed by atoms with van der Waals surface area (Å²) in [6.07, 6.45) is -0.819. The summed E-state index contributed by atoms with van der Waals surface area (Å²) in [6, 6.07) is 4.45. The second-order valence-corrected chi connectivity index (χ2v) is 4.97. The summed E-state index contributed by atoms with van der Waals surface area (Å²) in [4.78, 5) is 4.25. The largest absolute Gasteiger partial charge is 0.486 e. The molecule has 0 bridgehead atoms. The lowest BCUT2D eigenvalue weighted by molar-refractivity contribution is 0.194. The summed E-state index contributed by atoms with van der Waals surface area (Å²) in [7, 11) is 0. The van der Waals surface area contributed by atoms with E-state index in [2.05, 4.69) is 4.98 Å². The fourth-order valence-electron chi connectivity index (χ4n) is 1.55. The molecular weight excluding hydrogens is 253 g/mol. The van der Waals surface area contributed by atoms with Gasteiger partial charge in [-0.25, -0.2) is 9.37 Å². The van der Waals surface area contributed by atoms with Crippen LogP contribution in [0.1, 0.15) is 29.3 Å². The van der Waals surface area contributed by atoms with E-state index in [1.165, 1.54) is 30.4 Å². The van der Waals surface area contributed by atoms with Gasteiger partial charge in [-0.2, -0.15) is 0 Å². The third-order valence-corrected chi connectivity index (χ3v) is 3.39. The summed E-state index contributed by atoms with van der Waals surface area (Å²) in [5.74, 6) is -0.0254. The molecular formula is C13H14FNO2S. The van der Waals surface area contributed by atoms with Gasteiger partial charge in [0.1, 0.15) is 23.2 Å². The van der Waals surface area contributed by atoms with Crippen LogP contribution in [-0.4, -0.2) is 10.1 Å². The van der Waals surface area contributed by atoms with Gasteiger partial charge in [0.2, 0.25) is 0 Å². The summed E-state index contributed by atoms with van der Waals surface area (Å²) >= 11 is 1.51. The highest BCUT2D eigenvalue weighted by molar-refractivity contribution is 7.09. The number of aryl methyl sites for hydroxylation is 1. The second-order valence-electron chi connectivity index (χ2n) is 4.03. The summed E-state index contributed by atoms with van der Waals surface area (Å²) in [5.41, 5.74) is 1.22. The first-order valence-corrected chi connectivity index (χ1v) is 6.45. The molecule has 1 atom stereocenters. The van der Waals surface area contributed by atoms with E-state index < -0.39 is 11.9 Å². The lowest BCUT2D eigenvalue weighted by Gasteiger charge is -2.09. The van der Waals surface area contributed by atoms with E-state index in [0.29, 0.717) is 12.4 Å². The van der Waals surface area contributed by atoms with Crippen molar-refractivity contribution in [1.29, 1.82) is 0 Å². The van der Waals surface area contributed by atoms with Crippen LogP contribution in [0.25, 0.3) is 0 Å². The molecule has 0 aliphatic heterocycles. The van der Waals surface area contributed by atoms with Crippen LogP contribution in [0, 0.1) is 12.7 Å². The fraction of sp³-hybridized carbons (Fsp3) is 0.308. The molecule has 0 fully saturated rings. The minimum atomic E-state index is -0.819. The zero-order valence-corrected chi connectivity index (χ0v) is 11.0. The van der Waals surface area contributed by atoms with Gasteiger partial charge in [-0.3, -0.25) is 0 Å². The topological polar surface area (TPSA) is 42.4 Å². The molecule has 1 aromatic heterocycles. The van der Waals surface area contributed by atoms with E-state index in [9.17, 15) is 9.50 Å². The molecule has 0 aliphatic rings. The van der Waals surface area contributed by atoms with Gasteiger partial charge in [0, 0.05) is 22.7 Å². The molecule has 0 saturated heterocycles. The number of aromatic nitrogens is 1. The van der Waals surface area contributed by atoms with Gasteiger partial charge in [0.15, 0.2) is 0 Å². The van der Waals surface area contributed by atoms with Crippen molar-refractivity contribution in [2.45, 2.75) is 26.6 Å². The summed E-state index contributed by atoms with van der Waals surface area (Å²) in [6.45, 7) is 3.76. The number of thiazole rings is 1. The molecule has 1 heterocycles. The van der Waals surface area contributed by atoms with Crippen LogP contribution >= 0.6 is 11.3 Å². The highest BCUT2D eigenvalue weighted by Gasteiger charge is 2.09. The maximum absolute atomic E-state index is 13.6. The van der Waals surface area contributed by atoms with Crippen molar-refractivity contribution < 1.29 is 14.2 Å². The van der Waals surface area contributed by atoms with Crippen molar-refractivity contribution >= 4 is 11.3 Å². The number of benzene rings is 1. The number of halogens is 1. The van der Waals surface area contributed by atoms with Crippen LogP contribution in [0.2, 0.25) is 0 Å². The molecule has 0 aliphatic carbocycles. The standard InChI is InChI=1S/C13H14FNO2S/c1-8-7-18-13(15-8)6-17-10-3-4-11(9(2)16)12(14)5-10/h3-5,7,9,16H,6H2,1-2H3/t9-/m0/s1. The Morgan fingerprint density at radius 1 is 1.50 bits per heavy atom. The number of aliphatic hydroxyl groups excluding tert-OH is 1. The van der Waals surface area contributed by atoms with E-state index in [4.69, 9.17) is 4.74 Å². The maximum atomic E-state index is 13.6. The molecule has 2 rings (SSSR count). The Bertz CT molecular complexity index is 540. The highest BCUT2D eigenvalue weighted by atomic mass is 32.1. The third-order valence-electron chi connectivity index (χ3n) is 2.45. The molecule has 2 aromatic rings. The quantitative estimate of drug-likeness (QED) is 0.924. The lowest BCUT2D eigenvalue weighted by atomic mass is 10.1. The second kappa shape index (κ2) is 5.46. The van der Waals surface area contributed by atoms with E-state index in [1.54, 1.807) is 6.07 Å². The van der Waals surface area contributed by atoms with Crippen LogP contribution in [0.5, 0.6) is 5.75 Å². The van der Waals surface area contributed by atoms with Crippen LogP contribution in [0.4, 0.5) is 4.39 Å². The molecule has 96 valence electrons. The molecule has 0 radical (unpaired) electrons. The van der Waals surface area contributed by atoms with Gasteiger partial charge in [-0.15, -0.1) is 11.3 Å². The molecule has 18 heavy (non-hydrogen) atoms. The highest BCUT2D eigenvalue weighted by Crippen LogP contribution is 2.22. The minimum absolute atomic E-state index is 0.271. The first kappa shape index (κ1) is 13.0. The molecule has 0 amide bonds. The van der Waals surface area contributed by atoms with Crippen LogP contribution in [0.3, 0.4) is 0 Å². The Kier molecular flexibility index (Phi) is 3.93. The van der Waals surface area contributed by atoms with E-state index >= 15 is 0 Å². The van der Waals surface area contributed by atoms with Gasteiger partial charge < -0.3 is 9.84 Å². The van der Waals surface area contributed by atoms with Crippen molar-refractivity contribution in [3.63, 3.8) is 0 Å². The van der Waals surface area contributed by atoms with E-state index in [-0.39, 0.29) is 5.56 Å². The molecule has 0 saturated carbocycles. The smallest absolute Gasteiger partial charge is 0.140 e. The molecule has 1 N–H and O–H groups in total. The average Bonchev–Trinajstić information content (AvgIpc) is 2.72. The maximum Gasteiger partial charge on any atom is 0.140 e. The van der Waals surface area contributed by atoms with Crippen LogP contribution in [-0.2, 0) is 6.61 Å². The first-order chi connectivity index (χ1) is 8.56. The average molecular weight is 267 g/mol. The van der Waals surface area contributed by atoms with Gasteiger partial charge in [0.05, 0.1) is 6.10 Å². The molecule has 3 nitrogen and oxygen atoms in total. The number of ether oxygens (including phenoxy) is 1.